The minimum Gasteiger partial charge on any atom is -0.322 e. The number of likely N-dealkylation sites (tertiary alicyclic amines) is 1. The van der Waals surface area contributed by atoms with E-state index in [2.05, 4.69) is 23.2 Å². The lowest BCUT2D eigenvalue weighted by Crippen LogP contribution is -2.49. The summed E-state index contributed by atoms with van der Waals surface area (Å²) in [4.78, 5) is 28.4. The Hall–Kier alpha value is -2.39. The SMILES string of the molecule is CC(C)N1C(=O)N[C@@]2(CCN([C@@H](C)c3ccc(C#N)cc3)C2)C1=O. The Bertz CT molecular complexity index is 707. The molecule has 0 aromatic heterocycles. The number of benzene rings is 1. The first-order valence-electron chi connectivity index (χ1n) is 8.28. The van der Waals surface area contributed by atoms with Crippen molar-refractivity contribution in [1.29, 1.82) is 5.26 Å². The molecule has 2 aliphatic heterocycles. The largest absolute Gasteiger partial charge is 0.325 e. The highest BCUT2D eigenvalue weighted by Crippen LogP contribution is 2.34. The number of nitriles is 1. The first-order chi connectivity index (χ1) is 11.4. The molecule has 3 amide bonds. The Labute approximate surface area is 142 Å². The van der Waals surface area contributed by atoms with E-state index in [1.165, 1.54) is 4.90 Å². The molecule has 1 spiro atoms. The molecule has 2 atom stereocenters. The third-order valence-electron chi connectivity index (χ3n) is 5.08. The minimum absolute atomic E-state index is 0.114. The monoisotopic (exact) mass is 326 g/mol. The van der Waals surface area contributed by atoms with Gasteiger partial charge < -0.3 is 5.32 Å². The molecule has 3 rings (SSSR count). The van der Waals surface area contributed by atoms with E-state index in [1.54, 1.807) is 12.1 Å². The number of nitrogens with one attached hydrogen (secondary N) is 1. The van der Waals surface area contributed by atoms with Crippen LogP contribution in [0, 0.1) is 11.3 Å². The van der Waals surface area contributed by atoms with Crippen molar-refractivity contribution >= 4 is 11.9 Å². The lowest BCUT2D eigenvalue weighted by atomic mass is 9.98. The van der Waals surface area contributed by atoms with Gasteiger partial charge in [0.15, 0.2) is 0 Å². The van der Waals surface area contributed by atoms with Crippen LogP contribution in [-0.2, 0) is 4.79 Å². The van der Waals surface area contributed by atoms with E-state index in [0.29, 0.717) is 18.5 Å². The summed E-state index contributed by atoms with van der Waals surface area (Å²) >= 11 is 0. The molecule has 6 nitrogen and oxygen atoms in total. The van der Waals surface area contributed by atoms with Crippen molar-refractivity contribution in [3.8, 4) is 6.07 Å². The zero-order valence-electron chi connectivity index (χ0n) is 14.2. The minimum atomic E-state index is -0.789. The molecule has 1 N–H and O–H groups in total. The van der Waals surface area contributed by atoms with Gasteiger partial charge in [0.2, 0.25) is 0 Å². The van der Waals surface area contributed by atoms with Crippen LogP contribution < -0.4 is 5.32 Å². The van der Waals surface area contributed by atoms with Crippen LogP contribution in [0.3, 0.4) is 0 Å². The van der Waals surface area contributed by atoms with Gasteiger partial charge in [0.1, 0.15) is 5.54 Å². The topological polar surface area (TPSA) is 76.4 Å². The molecule has 0 bridgehead atoms. The molecular weight excluding hydrogens is 304 g/mol. The fraction of sp³-hybridized carbons (Fsp3) is 0.500. The van der Waals surface area contributed by atoms with Crippen molar-refractivity contribution in [2.24, 2.45) is 0 Å². The summed E-state index contributed by atoms with van der Waals surface area (Å²) in [6.45, 7) is 7.05. The molecule has 126 valence electrons. The number of hydrogen-bond acceptors (Lipinski definition) is 4. The van der Waals surface area contributed by atoms with E-state index in [-0.39, 0.29) is 24.0 Å². The van der Waals surface area contributed by atoms with Gasteiger partial charge in [0.05, 0.1) is 11.6 Å². The Balaban J connectivity index is 1.76. The summed E-state index contributed by atoms with van der Waals surface area (Å²) in [7, 11) is 0. The van der Waals surface area contributed by atoms with Gasteiger partial charge in [-0.25, -0.2) is 4.79 Å². The summed E-state index contributed by atoms with van der Waals surface area (Å²) in [5.41, 5.74) is 0.945. The molecule has 2 aliphatic rings. The highest BCUT2D eigenvalue weighted by atomic mass is 16.2. The van der Waals surface area contributed by atoms with Gasteiger partial charge in [-0.15, -0.1) is 0 Å². The third-order valence-corrected chi connectivity index (χ3v) is 5.08. The second-order valence-corrected chi connectivity index (χ2v) is 6.91. The van der Waals surface area contributed by atoms with Crippen LogP contribution in [0.5, 0.6) is 0 Å². The van der Waals surface area contributed by atoms with Crippen LogP contribution in [0.25, 0.3) is 0 Å². The Kier molecular flexibility index (Phi) is 4.06. The Morgan fingerprint density at radius 1 is 1.21 bits per heavy atom. The van der Waals surface area contributed by atoms with Gasteiger partial charge in [-0.1, -0.05) is 12.1 Å². The fourth-order valence-corrected chi connectivity index (χ4v) is 3.60. The average molecular weight is 326 g/mol. The second-order valence-electron chi connectivity index (χ2n) is 6.91. The van der Waals surface area contributed by atoms with Crippen molar-refractivity contribution in [3.05, 3.63) is 35.4 Å². The van der Waals surface area contributed by atoms with Crippen LogP contribution in [-0.4, -0.2) is 46.4 Å². The first kappa shape index (κ1) is 16.5. The lowest BCUT2D eigenvalue weighted by molar-refractivity contribution is -0.132. The quantitative estimate of drug-likeness (QED) is 0.862. The van der Waals surface area contributed by atoms with Gasteiger partial charge in [-0.3, -0.25) is 14.6 Å². The summed E-state index contributed by atoms with van der Waals surface area (Å²) in [5.74, 6) is -0.114. The molecule has 0 aliphatic carbocycles. The maximum absolute atomic E-state index is 12.7. The van der Waals surface area contributed by atoms with Gasteiger partial charge in [-0.05, 0) is 44.9 Å². The highest BCUT2D eigenvalue weighted by molar-refractivity contribution is 6.07. The fourth-order valence-electron chi connectivity index (χ4n) is 3.60. The molecule has 1 aromatic carbocycles. The number of hydrogen-bond donors (Lipinski definition) is 1. The highest BCUT2D eigenvalue weighted by Gasteiger charge is 2.55. The zero-order valence-corrected chi connectivity index (χ0v) is 14.2. The molecule has 2 saturated heterocycles. The Morgan fingerprint density at radius 3 is 2.42 bits per heavy atom. The van der Waals surface area contributed by atoms with Crippen LogP contribution in [0.4, 0.5) is 4.79 Å². The number of rotatable bonds is 3. The third kappa shape index (κ3) is 2.55. The zero-order chi connectivity index (χ0) is 17.5. The predicted octanol–water partition coefficient (Wildman–Crippen LogP) is 2.02. The van der Waals surface area contributed by atoms with Gasteiger partial charge in [0.25, 0.3) is 5.91 Å². The first-order valence-corrected chi connectivity index (χ1v) is 8.28. The van der Waals surface area contributed by atoms with Crippen molar-refractivity contribution < 1.29 is 9.59 Å². The van der Waals surface area contributed by atoms with Gasteiger partial charge in [-0.2, -0.15) is 5.26 Å². The van der Waals surface area contributed by atoms with E-state index in [9.17, 15) is 9.59 Å². The van der Waals surface area contributed by atoms with Gasteiger partial charge in [0, 0.05) is 25.2 Å². The normalized spacial score (nSPS) is 25.4. The number of nitrogens with zero attached hydrogens (tertiary/aromatic N) is 3. The molecule has 2 heterocycles. The van der Waals surface area contributed by atoms with Crippen molar-refractivity contribution in [2.75, 3.05) is 13.1 Å². The maximum atomic E-state index is 12.7. The van der Waals surface area contributed by atoms with E-state index < -0.39 is 5.54 Å². The molecule has 0 saturated carbocycles. The van der Waals surface area contributed by atoms with Crippen molar-refractivity contribution in [1.82, 2.24) is 15.1 Å². The van der Waals surface area contributed by atoms with Crippen LogP contribution in [0.2, 0.25) is 0 Å². The lowest BCUT2D eigenvalue weighted by Gasteiger charge is -2.27. The summed E-state index contributed by atoms with van der Waals surface area (Å²) in [6.07, 6.45) is 0.626. The van der Waals surface area contributed by atoms with E-state index in [0.717, 1.165) is 12.1 Å². The summed E-state index contributed by atoms with van der Waals surface area (Å²) < 4.78 is 0. The smallest absolute Gasteiger partial charge is 0.322 e. The predicted molar refractivity (Wildman–Crippen MR) is 89.0 cm³/mol. The molecule has 1 aromatic rings. The Morgan fingerprint density at radius 2 is 1.88 bits per heavy atom. The summed E-state index contributed by atoms with van der Waals surface area (Å²) in [5, 5.41) is 11.8. The number of carbonyl (C=O) groups excluding carboxylic acids is 2. The van der Waals surface area contributed by atoms with Crippen LogP contribution in [0.1, 0.15) is 44.4 Å². The van der Waals surface area contributed by atoms with Crippen molar-refractivity contribution in [3.63, 3.8) is 0 Å². The van der Waals surface area contributed by atoms with E-state index in [4.69, 9.17) is 5.26 Å². The summed E-state index contributed by atoms with van der Waals surface area (Å²) in [6, 6.07) is 9.32. The molecule has 0 unspecified atom stereocenters. The molecule has 0 radical (unpaired) electrons. The standard InChI is InChI=1S/C18H22N4O2/c1-12(2)22-16(23)18(20-17(22)24)8-9-21(11-18)13(3)15-6-4-14(10-19)5-7-15/h4-7,12-13H,8-9,11H2,1-3H3,(H,20,24)/t13-,18+/m0/s1. The molecule has 6 heteroatoms. The van der Waals surface area contributed by atoms with Crippen LogP contribution >= 0.6 is 0 Å². The van der Waals surface area contributed by atoms with Gasteiger partial charge >= 0.3 is 6.03 Å². The number of imide groups is 1. The van der Waals surface area contributed by atoms with E-state index in [1.807, 2.05) is 26.0 Å². The van der Waals surface area contributed by atoms with Crippen molar-refractivity contribution in [2.45, 2.75) is 44.8 Å². The average Bonchev–Trinajstić information content (AvgIpc) is 3.09. The molecule has 2 fully saturated rings. The van der Waals surface area contributed by atoms with E-state index >= 15 is 0 Å². The second kappa shape index (κ2) is 5.91. The number of urea groups is 1. The molecule has 24 heavy (non-hydrogen) atoms. The van der Waals surface area contributed by atoms with Crippen LogP contribution in [0.15, 0.2) is 24.3 Å². The number of amides is 3. The maximum Gasteiger partial charge on any atom is 0.325 e. The molecular formula is C18H22N4O2. The number of carbonyl (C=O) groups is 2.